The van der Waals surface area contributed by atoms with E-state index < -0.39 is 54.5 Å². The highest BCUT2D eigenvalue weighted by molar-refractivity contribution is 7.66. The van der Waals surface area contributed by atoms with Crippen molar-refractivity contribution in [1.29, 1.82) is 0 Å². The number of hydrogen-bond acceptors (Lipinski definition) is 0. The Morgan fingerprint density at radius 2 is 1.45 bits per heavy atom. The van der Waals surface area contributed by atoms with Gasteiger partial charge in [0.2, 0.25) is 0 Å². The van der Waals surface area contributed by atoms with Gasteiger partial charge >= 0.3 is 11.8 Å². The number of halogens is 9. The van der Waals surface area contributed by atoms with Crippen molar-refractivity contribution in [2.45, 2.75) is 31.6 Å². The lowest BCUT2D eigenvalue weighted by atomic mass is 10.3. The fourth-order valence-electron chi connectivity index (χ4n) is 1.64. The molecule has 0 fully saturated rings. The van der Waals surface area contributed by atoms with E-state index in [0.29, 0.717) is 0 Å². The highest BCUT2D eigenvalue weighted by Gasteiger charge is 2.62. The summed E-state index contributed by atoms with van der Waals surface area (Å²) in [6.45, 7) is 1.49. The van der Waals surface area contributed by atoms with Crippen molar-refractivity contribution in [3.8, 4) is 0 Å². The Balaban J connectivity index is 3.48. The third-order valence-corrected chi connectivity index (χ3v) is 5.39. The molecule has 0 N–H and O–H groups in total. The van der Waals surface area contributed by atoms with E-state index in [-0.39, 0.29) is 18.9 Å². The molecule has 0 aliphatic carbocycles. The molecule has 0 nitrogen and oxygen atoms in total. The highest BCUT2D eigenvalue weighted by atomic mass is 31.1. The van der Waals surface area contributed by atoms with Crippen LogP contribution in [0.1, 0.15) is 19.8 Å². The van der Waals surface area contributed by atoms with Crippen LogP contribution in [-0.2, 0) is 0 Å². The Morgan fingerprint density at radius 1 is 0.909 bits per heavy atom. The highest BCUT2D eigenvalue weighted by Crippen LogP contribution is 2.59. The van der Waals surface area contributed by atoms with Crippen molar-refractivity contribution >= 4 is 13.2 Å². The van der Waals surface area contributed by atoms with E-state index in [2.05, 4.69) is 0 Å². The fraction of sp³-hybridized carbons (Fsp3) is 0.500. The number of unbranched alkanes of at least 4 members (excludes halogenated alkanes) is 1. The van der Waals surface area contributed by atoms with Gasteiger partial charge in [0.1, 0.15) is 0 Å². The molecule has 0 amide bonds. The Kier molecular flexibility index (Phi) is 5.76. The van der Waals surface area contributed by atoms with Crippen molar-refractivity contribution < 1.29 is 39.5 Å². The van der Waals surface area contributed by atoms with E-state index in [1.165, 1.54) is 6.92 Å². The average Bonchev–Trinajstić information content (AvgIpc) is 2.40. The molecule has 0 saturated heterocycles. The van der Waals surface area contributed by atoms with Gasteiger partial charge < -0.3 is 0 Å². The number of benzene rings is 1. The second kappa shape index (κ2) is 6.64. The number of alkyl halides is 5. The molecule has 0 spiro atoms. The van der Waals surface area contributed by atoms with Crippen molar-refractivity contribution in [2.24, 2.45) is 0 Å². The minimum absolute atomic E-state index is 0.130. The average molecular weight is 356 g/mol. The van der Waals surface area contributed by atoms with Crippen LogP contribution in [0, 0.1) is 23.3 Å². The molecule has 1 aromatic rings. The third kappa shape index (κ3) is 3.50. The van der Waals surface area contributed by atoms with Gasteiger partial charge in [-0.1, -0.05) is 13.3 Å². The standard InChI is InChI=1S/C12H10F9P/c1-2-3-4-22(12(20,21)11(17,18)19)7-5-6(13)8(14)10(16)9(7)15/h5H,2-4H2,1H3. The van der Waals surface area contributed by atoms with Crippen LogP contribution in [0.25, 0.3) is 0 Å². The van der Waals surface area contributed by atoms with Gasteiger partial charge in [-0.25, -0.2) is 17.6 Å². The summed E-state index contributed by atoms with van der Waals surface area (Å²) >= 11 is 0. The summed E-state index contributed by atoms with van der Waals surface area (Å²) in [5, 5.41) is -1.47. The Bertz CT molecular complexity index is 538. The summed E-state index contributed by atoms with van der Waals surface area (Å²) in [5.41, 5.74) is -5.35. The topological polar surface area (TPSA) is 0 Å². The SMILES string of the molecule is CCCCP(c1cc(F)c(F)c(F)c1F)C(F)(F)C(F)(F)F. The predicted octanol–water partition coefficient (Wildman–Crippen LogP) is 5.31. The van der Waals surface area contributed by atoms with Gasteiger partial charge in [0.25, 0.3) is 0 Å². The van der Waals surface area contributed by atoms with Gasteiger partial charge in [0, 0.05) is 13.2 Å². The molecule has 10 heteroatoms. The predicted molar refractivity (Wildman–Crippen MR) is 63.6 cm³/mol. The zero-order chi connectivity index (χ0) is 17.3. The van der Waals surface area contributed by atoms with Crippen LogP contribution >= 0.6 is 7.92 Å². The van der Waals surface area contributed by atoms with Crippen LogP contribution < -0.4 is 5.30 Å². The van der Waals surface area contributed by atoms with Crippen LogP contribution in [0.4, 0.5) is 39.5 Å². The Labute approximate surface area is 121 Å². The van der Waals surface area contributed by atoms with E-state index in [4.69, 9.17) is 0 Å². The van der Waals surface area contributed by atoms with Crippen molar-refractivity contribution in [2.75, 3.05) is 6.16 Å². The number of hydrogen-bond donors (Lipinski definition) is 0. The normalized spacial score (nSPS) is 14.3. The van der Waals surface area contributed by atoms with Gasteiger partial charge in [0.15, 0.2) is 23.3 Å². The molecule has 1 aromatic carbocycles. The summed E-state index contributed by atoms with van der Waals surface area (Å²) in [6, 6.07) is -0.130. The first-order valence-electron chi connectivity index (χ1n) is 6.00. The largest absolute Gasteiger partial charge is 0.457 e. The zero-order valence-electron chi connectivity index (χ0n) is 11.0. The summed E-state index contributed by atoms with van der Waals surface area (Å²) in [6.07, 6.45) is -6.75. The molecule has 0 aromatic heterocycles. The maximum absolute atomic E-state index is 13.6. The van der Waals surface area contributed by atoms with Crippen LogP contribution in [-0.4, -0.2) is 18.0 Å². The molecule has 0 aliphatic rings. The lowest BCUT2D eigenvalue weighted by Crippen LogP contribution is -2.39. The third-order valence-electron chi connectivity index (χ3n) is 2.79. The Morgan fingerprint density at radius 3 is 1.91 bits per heavy atom. The molecular formula is C12H10F9P. The molecule has 1 rings (SSSR count). The summed E-state index contributed by atoms with van der Waals surface area (Å²) < 4.78 is 117. The van der Waals surface area contributed by atoms with E-state index >= 15 is 0 Å². The van der Waals surface area contributed by atoms with E-state index in [9.17, 15) is 39.5 Å². The summed E-state index contributed by atoms with van der Waals surface area (Å²) in [4.78, 5) is 0. The minimum Gasteiger partial charge on any atom is -0.204 e. The van der Waals surface area contributed by atoms with Gasteiger partial charge in [-0.3, -0.25) is 0 Å². The van der Waals surface area contributed by atoms with Crippen LogP contribution in [0.15, 0.2) is 6.07 Å². The lowest BCUT2D eigenvalue weighted by Gasteiger charge is -2.29. The first-order valence-corrected chi connectivity index (χ1v) is 7.53. The molecule has 0 radical (unpaired) electrons. The smallest absolute Gasteiger partial charge is 0.204 e. The lowest BCUT2D eigenvalue weighted by molar-refractivity contribution is -0.240. The first kappa shape index (κ1) is 19.1. The van der Waals surface area contributed by atoms with Crippen LogP contribution in [0.5, 0.6) is 0 Å². The molecule has 1 atom stereocenters. The maximum Gasteiger partial charge on any atom is 0.457 e. The maximum atomic E-state index is 13.6. The number of rotatable bonds is 5. The van der Waals surface area contributed by atoms with Crippen molar-refractivity contribution in [1.82, 2.24) is 0 Å². The van der Waals surface area contributed by atoms with Gasteiger partial charge in [-0.15, -0.1) is 0 Å². The minimum atomic E-state index is -6.01. The van der Waals surface area contributed by atoms with Crippen LogP contribution in [0.3, 0.4) is 0 Å². The molecule has 22 heavy (non-hydrogen) atoms. The zero-order valence-corrected chi connectivity index (χ0v) is 11.9. The van der Waals surface area contributed by atoms with Crippen molar-refractivity contribution in [3.05, 3.63) is 29.3 Å². The van der Waals surface area contributed by atoms with E-state index in [1.807, 2.05) is 0 Å². The van der Waals surface area contributed by atoms with E-state index in [0.717, 1.165) is 0 Å². The molecule has 0 bridgehead atoms. The van der Waals surface area contributed by atoms with Gasteiger partial charge in [0.05, 0.1) is 0 Å². The van der Waals surface area contributed by atoms with E-state index in [1.54, 1.807) is 0 Å². The Hall–Kier alpha value is -0.980. The first-order chi connectivity index (χ1) is 9.95. The molecule has 0 saturated carbocycles. The molecule has 1 unspecified atom stereocenters. The quantitative estimate of drug-likeness (QED) is 0.291. The molecule has 126 valence electrons. The summed E-state index contributed by atoms with van der Waals surface area (Å²) in [5.74, 6) is -8.90. The second-order valence-electron chi connectivity index (χ2n) is 4.36. The fourth-order valence-corrected chi connectivity index (χ4v) is 4.01. The van der Waals surface area contributed by atoms with Crippen molar-refractivity contribution in [3.63, 3.8) is 0 Å². The monoisotopic (exact) mass is 356 g/mol. The summed E-state index contributed by atoms with van der Waals surface area (Å²) in [7, 11) is -3.64. The van der Waals surface area contributed by atoms with Crippen LogP contribution in [0.2, 0.25) is 0 Å². The van der Waals surface area contributed by atoms with Gasteiger partial charge in [-0.05, 0) is 18.6 Å². The molecule has 0 heterocycles. The second-order valence-corrected chi connectivity index (χ2v) is 6.71. The molecule has 0 aliphatic heterocycles. The molecular weight excluding hydrogens is 346 g/mol. The van der Waals surface area contributed by atoms with Gasteiger partial charge in [-0.2, -0.15) is 22.0 Å².